The van der Waals surface area contributed by atoms with Gasteiger partial charge in [-0.3, -0.25) is 0 Å². The van der Waals surface area contributed by atoms with Crippen LogP contribution < -0.4 is 16.0 Å². The Morgan fingerprint density at radius 1 is 1.29 bits per heavy atom. The molecule has 90 valence electrons. The molecule has 0 fully saturated rings. The SMILES string of the molecule is NNc1snnc1COc1cc(F)cc(F)c1. The summed E-state index contributed by atoms with van der Waals surface area (Å²) in [5.74, 6) is 3.90. The predicted octanol–water partition coefficient (Wildman–Crippen LogP) is 1.68. The first-order valence-electron chi connectivity index (χ1n) is 4.56. The number of benzene rings is 1. The first-order valence-corrected chi connectivity index (χ1v) is 5.33. The molecule has 1 heterocycles. The van der Waals surface area contributed by atoms with E-state index in [0.717, 1.165) is 29.7 Å². The molecular formula is C9H8F2N4OS. The lowest BCUT2D eigenvalue weighted by Gasteiger charge is -2.05. The maximum absolute atomic E-state index is 12.9. The summed E-state index contributed by atoms with van der Waals surface area (Å²) in [4.78, 5) is 0. The standard InChI is InChI=1S/C9H8F2N4OS/c10-5-1-6(11)3-7(2-5)16-4-8-9(13-12)17-15-14-8/h1-3,13H,4,12H2. The third-order valence-electron chi connectivity index (χ3n) is 1.90. The molecule has 0 radical (unpaired) electrons. The third kappa shape index (κ3) is 2.86. The van der Waals surface area contributed by atoms with Gasteiger partial charge in [-0.05, 0) is 0 Å². The zero-order valence-corrected chi connectivity index (χ0v) is 9.30. The lowest BCUT2D eigenvalue weighted by atomic mass is 10.3. The summed E-state index contributed by atoms with van der Waals surface area (Å²) in [6.45, 7) is 0.0267. The van der Waals surface area contributed by atoms with Crippen molar-refractivity contribution in [1.82, 2.24) is 9.59 Å². The molecule has 0 aliphatic rings. The number of rotatable bonds is 4. The molecular weight excluding hydrogens is 250 g/mol. The molecule has 5 nitrogen and oxygen atoms in total. The Bertz CT molecular complexity index is 499. The fraction of sp³-hybridized carbons (Fsp3) is 0.111. The first kappa shape index (κ1) is 11.7. The molecule has 0 saturated carbocycles. The normalized spacial score (nSPS) is 10.3. The van der Waals surface area contributed by atoms with Gasteiger partial charge in [0.1, 0.15) is 29.7 Å². The Balaban J connectivity index is 2.07. The Kier molecular flexibility index (Phi) is 3.45. The number of aromatic nitrogens is 2. The topological polar surface area (TPSA) is 73.1 Å². The van der Waals surface area contributed by atoms with E-state index in [-0.39, 0.29) is 12.4 Å². The second kappa shape index (κ2) is 5.02. The van der Waals surface area contributed by atoms with Crippen molar-refractivity contribution in [2.75, 3.05) is 5.43 Å². The van der Waals surface area contributed by atoms with E-state index >= 15 is 0 Å². The number of nitrogen functional groups attached to an aromatic ring is 1. The Labute approximate surface area is 99.3 Å². The molecule has 0 spiro atoms. The monoisotopic (exact) mass is 258 g/mol. The Morgan fingerprint density at radius 2 is 2.00 bits per heavy atom. The summed E-state index contributed by atoms with van der Waals surface area (Å²) in [6, 6.07) is 2.93. The van der Waals surface area contributed by atoms with Crippen molar-refractivity contribution in [3.05, 3.63) is 35.5 Å². The molecule has 3 N–H and O–H groups in total. The average Bonchev–Trinajstić information content (AvgIpc) is 2.72. The van der Waals surface area contributed by atoms with Gasteiger partial charge in [-0.2, -0.15) is 0 Å². The summed E-state index contributed by atoms with van der Waals surface area (Å²) in [6.07, 6.45) is 0. The molecule has 1 aromatic heterocycles. The summed E-state index contributed by atoms with van der Waals surface area (Å²) >= 11 is 1.07. The number of nitrogens with two attached hydrogens (primary N) is 1. The lowest BCUT2D eigenvalue weighted by molar-refractivity contribution is 0.298. The van der Waals surface area contributed by atoms with Gasteiger partial charge < -0.3 is 10.2 Å². The van der Waals surface area contributed by atoms with E-state index < -0.39 is 11.6 Å². The molecule has 2 rings (SSSR count). The van der Waals surface area contributed by atoms with E-state index in [1.807, 2.05) is 0 Å². The smallest absolute Gasteiger partial charge is 0.150 e. The molecule has 0 unspecified atom stereocenters. The number of hydrazine groups is 1. The van der Waals surface area contributed by atoms with Crippen molar-refractivity contribution in [2.24, 2.45) is 5.84 Å². The predicted molar refractivity (Wildman–Crippen MR) is 58.4 cm³/mol. The van der Waals surface area contributed by atoms with Gasteiger partial charge in [0.05, 0.1) is 0 Å². The van der Waals surface area contributed by atoms with E-state index in [0.29, 0.717) is 10.7 Å². The molecule has 0 amide bonds. The first-order chi connectivity index (χ1) is 8.19. The fourth-order valence-electron chi connectivity index (χ4n) is 1.18. The minimum Gasteiger partial charge on any atom is -0.487 e. The minimum absolute atomic E-state index is 0.0267. The number of ether oxygens (including phenoxy) is 1. The summed E-state index contributed by atoms with van der Waals surface area (Å²) < 4.78 is 34.6. The number of hydrogen-bond donors (Lipinski definition) is 2. The summed E-state index contributed by atoms with van der Waals surface area (Å²) in [5, 5.41) is 4.30. The number of halogens is 2. The highest BCUT2D eigenvalue weighted by Crippen LogP contribution is 2.20. The van der Waals surface area contributed by atoms with Gasteiger partial charge in [0.2, 0.25) is 0 Å². The lowest BCUT2D eigenvalue weighted by Crippen LogP contribution is -2.08. The Morgan fingerprint density at radius 3 is 2.65 bits per heavy atom. The van der Waals surface area contributed by atoms with Gasteiger partial charge in [0.25, 0.3) is 0 Å². The van der Waals surface area contributed by atoms with Crippen LogP contribution in [-0.2, 0) is 6.61 Å². The molecule has 8 heteroatoms. The van der Waals surface area contributed by atoms with E-state index in [4.69, 9.17) is 10.6 Å². The van der Waals surface area contributed by atoms with Crippen LogP contribution in [0.15, 0.2) is 18.2 Å². The van der Waals surface area contributed by atoms with Crippen LogP contribution in [-0.4, -0.2) is 9.59 Å². The highest BCUT2D eigenvalue weighted by Gasteiger charge is 2.08. The maximum Gasteiger partial charge on any atom is 0.150 e. The highest BCUT2D eigenvalue weighted by atomic mass is 32.1. The second-order valence-electron chi connectivity index (χ2n) is 3.09. The summed E-state index contributed by atoms with van der Waals surface area (Å²) in [5.41, 5.74) is 2.87. The van der Waals surface area contributed by atoms with Crippen LogP contribution in [0.3, 0.4) is 0 Å². The number of anilines is 1. The van der Waals surface area contributed by atoms with Gasteiger partial charge in [0.15, 0.2) is 5.00 Å². The van der Waals surface area contributed by atoms with Crippen molar-refractivity contribution in [3.8, 4) is 5.75 Å². The van der Waals surface area contributed by atoms with Gasteiger partial charge in [-0.1, -0.05) is 4.49 Å². The number of nitrogens with zero attached hydrogens (tertiary/aromatic N) is 2. The highest BCUT2D eigenvalue weighted by molar-refractivity contribution is 7.10. The minimum atomic E-state index is -0.700. The van der Waals surface area contributed by atoms with Crippen LogP contribution in [0.1, 0.15) is 5.69 Å². The second-order valence-corrected chi connectivity index (χ2v) is 3.84. The van der Waals surface area contributed by atoms with E-state index in [1.165, 1.54) is 0 Å². The van der Waals surface area contributed by atoms with Crippen LogP contribution in [0.5, 0.6) is 5.75 Å². The van der Waals surface area contributed by atoms with Gasteiger partial charge in [-0.15, -0.1) is 5.10 Å². The number of hydrogen-bond acceptors (Lipinski definition) is 6. The molecule has 2 aromatic rings. The van der Waals surface area contributed by atoms with E-state index in [2.05, 4.69) is 15.0 Å². The van der Waals surface area contributed by atoms with E-state index in [1.54, 1.807) is 0 Å². The molecule has 17 heavy (non-hydrogen) atoms. The fourth-order valence-corrected chi connectivity index (χ4v) is 1.66. The quantitative estimate of drug-likeness (QED) is 0.644. The zero-order valence-electron chi connectivity index (χ0n) is 8.48. The number of nitrogens with one attached hydrogen (secondary N) is 1. The third-order valence-corrected chi connectivity index (χ3v) is 2.60. The average molecular weight is 258 g/mol. The van der Waals surface area contributed by atoms with Crippen LogP contribution in [0.4, 0.5) is 13.8 Å². The van der Waals surface area contributed by atoms with Crippen molar-refractivity contribution in [1.29, 1.82) is 0 Å². The van der Waals surface area contributed by atoms with Gasteiger partial charge in [-0.25, -0.2) is 14.6 Å². The molecule has 0 aliphatic carbocycles. The van der Waals surface area contributed by atoms with Crippen LogP contribution in [0, 0.1) is 11.6 Å². The van der Waals surface area contributed by atoms with Crippen molar-refractivity contribution in [2.45, 2.75) is 6.61 Å². The zero-order chi connectivity index (χ0) is 12.3. The molecule has 0 bridgehead atoms. The largest absolute Gasteiger partial charge is 0.487 e. The van der Waals surface area contributed by atoms with Crippen LogP contribution >= 0.6 is 11.5 Å². The molecule has 1 aromatic carbocycles. The van der Waals surface area contributed by atoms with Crippen molar-refractivity contribution in [3.63, 3.8) is 0 Å². The van der Waals surface area contributed by atoms with E-state index in [9.17, 15) is 8.78 Å². The molecule has 0 aliphatic heterocycles. The van der Waals surface area contributed by atoms with Crippen LogP contribution in [0.25, 0.3) is 0 Å². The van der Waals surface area contributed by atoms with Crippen LogP contribution in [0.2, 0.25) is 0 Å². The van der Waals surface area contributed by atoms with Gasteiger partial charge in [0, 0.05) is 29.7 Å². The molecule has 0 saturated heterocycles. The molecule has 0 atom stereocenters. The summed E-state index contributed by atoms with van der Waals surface area (Å²) in [7, 11) is 0. The van der Waals surface area contributed by atoms with Gasteiger partial charge >= 0.3 is 0 Å². The Hall–Kier alpha value is -1.80. The van der Waals surface area contributed by atoms with Crippen molar-refractivity contribution >= 4 is 16.5 Å². The maximum atomic E-state index is 12.9. The van der Waals surface area contributed by atoms with Crippen molar-refractivity contribution < 1.29 is 13.5 Å².